The summed E-state index contributed by atoms with van der Waals surface area (Å²) in [5.41, 5.74) is 3.40. The fraction of sp³-hybridized carbons (Fsp3) is 0.533. The zero-order chi connectivity index (χ0) is 13.7. The molecule has 1 aromatic carbocycles. The molecule has 1 atom stereocenters. The molecule has 1 amide bonds. The number of amides is 1. The molecule has 104 valence electrons. The predicted molar refractivity (Wildman–Crippen MR) is 81.8 cm³/mol. The van der Waals surface area contributed by atoms with Crippen molar-refractivity contribution in [2.75, 3.05) is 18.6 Å². The van der Waals surface area contributed by atoms with E-state index in [9.17, 15) is 4.79 Å². The van der Waals surface area contributed by atoms with Crippen molar-refractivity contribution in [1.29, 1.82) is 0 Å². The Kier molecular flexibility index (Phi) is 5.28. The van der Waals surface area contributed by atoms with Crippen LogP contribution in [0.15, 0.2) is 18.2 Å². The van der Waals surface area contributed by atoms with Gasteiger partial charge in [-0.2, -0.15) is 11.8 Å². The second kappa shape index (κ2) is 6.96. The maximum Gasteiger partial charge on any atom is 0.251 e. The number of rotatable bonds is 5. The lowest BCUT2D eigenvalue weighted by atomic mass is 9.98. The Morgan fingerprint density at radius 2 is 2.32 bits per heavy atom. The van der Waals surface area contributed by atoms with E-state index >= 15 is 0 Å². The molecular formula is C15H22N2OS. The van der Waals surface area contributed by atoms with Crippen molar-refractivity contribution < 1.29 is 4.79 Å². The van der Waals surface area contributed by atoms with Gasteiger partial charge in [-0.15, -0.1) is 0 Å². The van der Waals surface area contributed by atoms with Gasteiger partial charge in [-0.3, -0.25) is 4.79 Å². The van der Waals surface area contributed by atoms with Gasteiger partial charge in [-0.05, 0) is 61.6 Å². The lowest BCUT2D eigenvalue weighted by Crippen LogP contribution is -2.33. The SMILES string of the molecule is CSCCC(C)NC(=O)c1ccc2c(c1)CNCC2. The molecule has 2 rings (SSSR count). The molecule has 0 fully saturated rings. The van der Waals surface area contributed by atoms with Gasteiger partial charge in [0.25, 0.3) is 5.91 Å². The summed E-state index contributed by atoms with van der Waals surface area (Å²) in [6, 6.07) is 6.30. The van der Waals surface area contributed by atoms with Gasteiger partial charge in [0.2, 0.25) is 0 Å². The van der Waals surface area contributed by atoms with E-state index in [-0.39, 0.29) is 11.9 Å². The average molecular weight is 278 g/mol. The summed E-state index contributed by atoms with van der Waals surface area (Å²) in [6.45, 7) is 3.97. The predicted octanol–water partition coefficient (Wildman–Crippen LogP) is 2.20. The van der Waals surface area contributed by atoms with Crippen molar-refractivity contribution in [3.8, 4) is 0 Å². The minimum absolute atomic E-state index is 0.0435. The Balaban J connectivity index is 1.99. The molecule has 0 bridgehead atoms. The summed E-state index contributed by atoms with van der Waals surface area (Å²) in [5.74, 6) is 1.12. The molecule has 1 aliphatic heterocycles. The van der Waals surface area contributed by atoms with Gasteiger partial charge in [-0.25, -0.2) is 0 Å². The van der Waals surface area contributed by atoms with Gasteiger partial charge >= 0.3 is 0 Å². The molecule has 1 heterocycles. The summed E-state index contributed by atoms with van der Waals surface area (Å²) in [6.07, 6.45) is 4.16. The van der Waals surface area contributed by atoms with E-state index < -0.39 is 0 Å². The first-order chi connectivity index (χ1) is 9.20. The van der Waals surface area contributed by atoms with Gasteiger partial charge in [0.05, 0.1) is 0 Å². The van der Waals surface area contributed by atoms with Gasteiger partial charge in [0.1, 0.15) is 0 Å². The number of benzene rings is 1. The van der Waals surface area contributed by atoms with Crippen molar-refractivity contribution in [3.63, 3.8) is 0 Å². The van der Waals surface area contributed by atoms with E-state index in [1.807, 2.05) is 23.9 Å². The van der Waals surface area contributed by atoms with Crippen LogP contribution in [0.3, 0.4) is 0 Å². The smallest absolute Gasteiger partial charge is 0.251 e. The van der Waals surface area contributed by atoms with Crippen LogP contribution >= 0.6 is 11.8 Å². The van der Waals surface area contributed by atoms with Crippen LogP contribution in [0.1, 0.15) is 34.8 Å². The lowest BCUT2D eigenvalue weighted by Gasteiger charge is -2.18. The van der Waals surface area contributed by atoms with Crippen LogP contribution in [0.5, 0.6) is 0 Å². The van der Waals surface area contributed by atoms with Crippen LogP contribution in [0, 0.1) is 0 Å². The van der Waals surface area contributed by atoms with Crippen molar-refractivity contribution in [3.05, 3.63) is 34.9 Å². The molecule has 1 aromatic rings. The Labute approximate surface area is 119 Å². The summed E-state index contributed by atoms with van der Waals surface area (Å²) in [7, 11) is 0. The molecule has 1 aliphatic rings. The zero-order valence-corrected chi connectivity index (χ0v) is 12.5. The highest BCUT2D eigenvalue weighted by Gasteiger charge is 2.13. The van der Waals surface area contributed by atoms with E-state index in [2.05, 4.69) is 29.9 Å². The number of hydrogen-bond donors (Lipinski definition) is 2. The third kappa shape index (κ3) is 3.98. The Morgan fingerprint density at radius 1 is 1.47 bits per heavy atom. The van der Waals surface area contributed by atoms with Crippen LogP contribution < -0.4 is 10.6 Å². The first-order valence-electron chi connectivity index (χ1n) is 6.83. The highest BCUT2D eigenvalue weighted by molar-refractivity contribution is 7.98. The molecule has 0 saturated heterocycles. The summed E-state index contributed by atoms with van der Waals surface area (Å²) >= 11 is 1.81. The molecular weight excluding hydrogens is 256 g/mol. The third-order valence-corrected chi connectivity index (χ3v) is 4.13. The van der Waals surface area contributed by atoms with E-state index in [4.69, 9.17) is 0 Å². The molecule has 0 aliphatic carbocycles. The summed E-state index contributed by atoms with van der Waals surface area (Å²) < 4.78 is 0. The van der Waals surface area contributed by atoms with Crippen LogP contribution in [0.2, 0.25) is 0 Å². The number of fused-ring (bicyclic) bond motifs is 1. The maximum absolute atomic E-state index is 12.2. The monoisotopic (exact) mass is 278 g/mol. The topological polar surface area (TPSA) is 41.1 Å². The quantitative estimate of drug-likeness (QED) is 0.867. The third-order valence-electron chi connectivity index (χ3n) is 3.49. The fourth-order valence-corrected chi connectivity index (χ4v) is 2.88. The molecule has 0 spiro atoms. The largest absolute Gasteiger partial charge is 0.350 e. The second-order valence-corrected chi connectivity index (χ2v) is 6.05. The van der Waals surface area contributed by atoms with Gasteiger partial charge < -0.3 is 10.6 Å². The molecule has 1 unspecified atom stereocenters. The van der Waals surface area contributed by atoms with Gasteiger partial charge in [0, 0.05) is 18.2 Å². The van der Waals surface area contributed by atoms with E-state index in [1.54, 1.807) is 0 Å². The van der Waals surface area contributed by atoms with Crippen molar-refractivity contribution in [1.82, 2.24) is 10.6 Å². The second-order valence-electron chi connectivity index (χ2n) is 5.07. The normalized spacial score (nSPS) is 15.7. The molecule has 0 saturated carbocycles. The van der Waals surface area contributed by atoms with E-state index in [1.165, 1.54) is 11.1 Å². The minimum Gasteiger partial charge on any atom is -0.350 e. The number of nitrogens with one attached hydrogen (secondary N) is 2. The Morgan fingerprint density at radius 3 is 3.11 bits per heavy atom. The lowest BCUT2D eigenvalue weighted by molar-refractivity contribution is 0.0939. The van der Waals surface area contributed by atoms with Gasteiger partial charge in [-0.1, -0.05) is 6.07 Å². The summed E-state index contributed by atoms with van der Waals surface area (Å²) in [5, 5.41) is 6.41. The molecule has 3 nitrogen and oxygen atoms in total. The highest BCUT2D eigenvalue weighted by Crippen LogP contribution is 2.16. The maximum atomic E-state index is 12.2. The first kappa shape index (κ1) is 14.4. The zero-order valence-electron chi connectivity index (χ0n) is 11.7. The van der Waals surface area contributed by atoms with Crippen LogP contribution in [-0.2, 0) is 13.0 Å². The molecule has 4 heteroatoms. The Hall–Kier alpha value is -1.00. The van der Waals surface area contributed by atoms with Crippen molar-refractivity contribution in [2.24, 2.45) is 0 Å². The first-order valence-corrected chi connectivity index (χ1v) is 8.22. The molecule has 0 aromatic heterocycles. The molecule has 2 N–H and O–H groups in total. The minimum atomic E-state index is 0.0435. The van der Waals surface area contributed by atoms with Crippen LogP contribution in [0.4, 0.5) is 0 Å². The Bertz CT molecular complexity index is 448. The molecule has 19 heavy (non-hydrogen) atoms. The average Bonchev–Trinajstić information content (AvgIpc) is 2.44. The number of hydrogen-bond acceptors (Lipinski definition) is 3. The van der Waals surface area contributed by atoms with Gasteiger partial charge in [0.15, 0.2) is 0 Å². The van der Waals surface area contributed by atoms with Crippen molar-refractivity contribution in [2.45, 2.75) is 32.4 Å². The van der Waals surface area contributed by atoms with Crippen LogP contribution in [-0.4, -0.2) is 30.5 Å². The standard InChI is InChI=1S/C15H22N2OS/c1-11(6-8-19-2)17-15(18)13-4-3-12-5-7-16-10-14(12)9-13/h3-4,9,11,16H,5-8,10H2,1-2H3,(H,17,18). The number of carbonyl (C=O) groups is 1. The highest BCUT2D eigenvalue weighted by atomic mass is 32.2. The number of carbonyl (C=O) groups excluding carboxylic acids is 1. The van der Waals surface area contributed by atoms with E-state index in [0.717, 1.165) is 37.2 Å². The summed E-state index contributed by atoms with van der Waals surface area (Å²) in [4.78, 5) is 12.2. The molecule has 0 radical (unpaired) electrons. The van der Waals surface area contributed by atoms with Crippen molar-refractivity contribution >= 4 is 17.7 Å². The number of thioether (sulfide) groups is 1. The van der Waals surface area contributed by atoms with Crippen LogP contribution in [0.25, 0.3) is 0 Å². The van der Waals surface area contributed by atoms with E-state index in [0.29, 0.717) is 0 Å². The fourth-order valence-electron chi connectivity index (χ4n) is 2.30.